The average Bonchev–Trinajstić information content (AvgIpc) is 2.45. The van der Waals surface area contributed by atoms with Crippen molar-refractivity contribution >= 4 is 11.8 Å². The van der Waals surface area contributed by atoms with E-state index in [-0.39, 0.29) is 12.0 Å². The van der Waals surface area contributed by atoms with Gasteiger partial charge < -0.3 is 15.0 Å². The van der Waals surface area contributed by atoms with Crippen molar-refractivity contribution in [3.63, 3.8) is 0 Å². The van der Waals surface area contributed by atoms with Crippen LogP contribution in [-0.2, 0) is 4.74 Å². The van der Waals surface area contributed by atoms with Crippen LogP contribution in [0.4, 0.5) is 5.82 Å². The summed E-state index contributed by atoms with van der Waals surface area (Å²) >= 11 is 0. The van der Waals surface area contributed by atoms with Crippen LogP contribution in [0.1, 0.15) is 43.6 Å². The van der Waals surface area contributed by atoms with Crippen molar-refractivity contribution in [2.24, 2.45) is 0 Å². The van der Waals surface area contributed by atoms with Gasteiger partial charge in [0.15, 0.2) is 5.69 Å². The number of hydrogen-bond donors (Lipinski definition) is 1. The highest BCUT2D eigenvalue weighted by Crippen LogP contribution is 2.16. The van der Waals surface area contributed by atoms with Crippen LogP contribution < -0.4 is 5.32 Å². The number of hydrogen-bond acceptors (Lipinski definition) is 5. The first-order chi connectivity index (χ1) is 10.1. The van der Waals surface area contributed by atoms with E-state index in [9.17, 15) is 4.79 Å². The van der Waals surface area contributed by atoms with E-state index in [1.807, 2.05) is 26.0 Å². The highest BCUT2D eigenvalue weighted by Gasteiger charge is 2.21. The highest BCUT2D eigenvalue weighted by atomic mass is 16.5. The number of nitrogens with zero attached hydrogens (tertiary/aromatic N) is 2. The molecule has 116 valence electrons. The molecule has 0 amide bonds. The smallest absolute Gasteiger partial charge is 0.357 e. The minimum absolute atomic E-state index is 0.277. The maximum atomic E-state index is 12.1. The Kier molecular flexibility index (Phi) is 5.56. The number of likely N-dealkylation sites (tertiary alicyclic amines) is 1. The molecule has 1 saturated heterocycles. The third-order valence-corrected chi connectivity index (χ3v) is 3.72. The second kappa shape index (κ2) is 7.41. The molecule has 1 N–H and O–H groups in total. The number of piperidine rings is 1. The van der Waals surface area contributed by atoms with Crippen LogP contribution in [0.25, 0.3) is 0 Å². The molecule has 5 nitrogen and oxygen atoms in total. The van der Waals surface area contributed by atoms with Crippen LogP contribution in [-0.4, -0.2) is 48.1 Å². The summed E-state index contributed by atoms with van der Waals surface area (Å²) in [6.07, 6.45) is 3.52. The minimum Gasteiger partial charge on any atom is -0.459 e. The fraction of sp³-hybridized carbons (Fsp3) is 0.625. The Labute approximate surface area is 126 Å². The van der Waals surface area contributed by atoms with Gasteiger partial charge in [-0.3, -0.25) is 0 Å². The summed E-state index contributed by atoms with van der Waals surface area (Å²) in [7, 11) is 2.09. The lowest BCUT2D eigenvalue weighted by atomic mass is 10.0. The van der Waals surface area contributed by atoms with Crippen molar-refractivity contribution in [1.82, 2.24) is 9.88 Å². The normalized spacial score (nSPS) is 19.5. The zero-order valence-electron chi connectivity index (χ0n) is 13.1. The van der Waals surface area contributed by atoms with Gasteiger partial charge in [0.25, 0.3) is 0 Å². The van der Waals surface area contributed by atoms with Gasteiger partial charge in [-0.15, -0.1) is 0 Å². The van der Waals surface area contributed by atoms with Gasteiger partial charge in [-0.2, -0.15) is 0 Å². The van der Waals surface area contributed by atoms with Gasteiger partial charge >= 0.3 is 5.97 Å². The number of esters is 1. The number of pyridine rings is 1. The summed E-state index contributed by atoms with van der Waals surface area (Å²) in [6.45, 7) is 5.59. The maximum Gasteiger partial charge on any atom is 0.357 e. The number of rotatable bonds is 5. The van der Waals surface area contributed by atoms with Crippen molar-refractivity contribution in [3.05, 3.63) is 23.9 Å². The third kappa shape index (κ3) is 4.70. The molecule has 0 aliphatic carbocycles. The van der Waals surface area contributed by atoms with Crippen LogP contribution in [0.5, 0.6) is 0 Å². The number of anilines is 1. The van der Waals surface area contributed by atoms with E-state index in [1.165, 1.54) is 12.8 Å². The van der Waals surface area contributed by atoms with Crippen molar-refractivity contribution in [1.29, 1.82) is 0 Å². The molecule has 1 aromatic heterocycles. The van der Waals surface area contributed by atoms with Gasteiger partial charge in [0.05, 0.1) is 0 Å². The van der Waals surface area contributed by atoms with E-state index >= 15 is 0 Å². The lowest BCUT2D eigenvalue weighted by Gasteiger charge is -2.31. The number of likely N-dealkylation sites (N-methyl/N-ethyl adjacent to an activating group) is 1. The van der Waals surface area contributed by atoms with Crippen LogP contribution in [0.2, 0.25) is 0 Å². The fourth-order valence-electron chi connectivity index (χ4n) is 2.53. The van der Waals surface area contributed by atoms with Gasteiger partial charge in [0, 0.05) is 12.1 Å². The molecule has 0 radical (unpaired) electrons. The quantitative estimate of drug-likeness (QED) is 0.845. The average molecular weight is 291 g/mol. The predicted molar refractivity (Wildman–Crippen MR) is 83.5 cm³/mol. The summed E-state index contributed by atoms with van der Waals surface area (Å²) in [5.41, 5.74) is 0.360. The van der Waals surface area contributed by atoms with E-state index < -0.39 is 0 Å². The monoisotopic (exact) mass is 291 g/mol. The summed E-state index contributed by atoms with van der Waals surface area (Å²) in [4.78, 5) is 18.7. The Bertz CT molecular complexity index is 476. The summed E-state index contributed by atoms with van der Waals surface area (Å²) in [6, 6.07) is 5.98. The summed E-state index contributed by atoms with van der Waals surface area (Å²) in [5.74, 6) is 0.357. The predicted octanol–water partition coefficient (Wildman–Crippen LogP) is 2.54. The minimum atomic E-state index is -0.346. The van der Waals surface area contributed by atoms with E-state index in [0.29, 0.717) is 24.2 Å². The first-order valence-corrected chi connectivity index (χ1v) is 7.67. The van der Waals surface area contributed by atoms with E-state index in [2.05, 4.69) is 22.2 Å². The van der Waals surface area contributed by atoms with Crippen LogP contribution in [0.3, 0.4) is 0 Å². The van der Waals surface area contributed by atoms with Crippen molar-refractivity contribution in [2.75, 3.05) is 25.5 Å². The van der Waals surface area contributed by atoms with E-state index in [1.54, 1.807) is 6.07 Å². The second-order valence-electron chi connectivity index (χ2n) is 5.94. The van der Waals surface area contributed by atoms with Crippen LogP contribution >= 0.6 is 0 Å². The number of carbonyl (C=O) groups excluding carboxylic acids is 1. The number of carbonyl (C=O) groups is 1. The van der Waals surface area contributed by atoms with Crippen LogP contribution in [0, 0.1) is 0 Å². The van der Waals surface area contributed by atoms with Crippen molar-refractivity contribution in [2.45, 2.75) is 45.2 Å². The Morgan fingerprint density at radius 3 is 3.00 bits per heavy atom. The Hall–Kier alpha value is -1.62. The van der Waals surface area contributed by atoms with Crippen molar-refractivity contribution in [3.8, 4) is 0 Å². The Morgan fingerprint density at radius 1 is 1.48 bits per heavy atom. The molecule has 1 aliphatic heterocycles. The van der Waals surface area contributed by atoms with Gasteiger partial charge in [-0.1, -0.05) is 12.5 Å². The molecule has 0 spiro atoms. The molecule has 1 aromatic rings. The highest BCUT2D eigenvalue weighted by molar-refractivity contribution is 5.87. The molecule has 2 rings (SSSR count). The molecule has 0 bridgehead atoms. The molecular weight excluding hydrogens is 266 g/mol. The summed E-state index contributed by atoms with van der Waals surface area (Å²) in [5, 5.41) is 3.19. The molecule has 1 aliphatic rings. The van der Waals surface area contributed by atoms with E-state index in [0.717, 1.165) is 13.0 Å². The third-order valence-electron chi connectivity index (χ3n) is 3.72. The second-order valence-corrected chi connectivity index (χ2v) is 5.94. The topological polar surface area (TPSA) is 54.5 Å². The van der Waals surface area contributed by atoms with E-state index in [4.69, 9.17) is 4.74 Å². The van der Waals surface area contributed by atoms with Gasteiger partial charge in [0.1, 0.15) is 12.4 Å². The zero-order chi connectivity index (χ0) is 15.2. The molecular formula is C16H25N3O2. The zero-order valence-corrected chi connectivity index (χ0v) is 13.1. The lowest BCUT2D eigenvalue weighted by Crippen LogP contribution is -2.40. The number of ether oxygens (including phenoxy) is 1. The maximum absolute atomic E-state index is 12.1. The largest absolute Gasteiger partial charge is 0.459 e. The standard InChI is InChI=1S/C16H25N3O2/c1-12(2)17-15-9-6-8-14(18-15)16(20)21-11-13-7-4-5-10-19(13)3/h6,8-9,12-13H,4-5,7,10-11H2,1-3H3,(H,17,18). The molecule has 0 saturated carbocycles. The summed E-state index contributed by atoms with van der Waals surface area (Å²) < 4.78 is 5.43. The number of nitrogens with one attached hydrogen (secondary N) is 1. The molecule has 1 fully saturated rings. The SMILES string of the molecule is CC(C)Nc1cccc(C(=O)OCC2CCCCN2C)n1. The van der Waals surface area contributed by atoms with Gasteiger partial charge in [0.2, 0.25) is 0 Å². The molecule has 5 heteroatoms. The van der Waals surface area contributed by atoms with Crippen molar-refractivity contribution < 1.29 is 9.53 Å². The molecule has 1 atom stereocenters. The van der Waals surface area contributed by atoms with Gasteiger partial charge in [-0.05, 0) is 52.4 Å². The lowest BCUT2D eigenvalue weighted by molar-refractivity contribution is 0.0322. The molecule has 21 heavy (non-hydrogen) atoms. The Morgan fingerprint density at radius 2 is 2.29 bits per heavy atom. The molecule has 1 unspecified atom stereocenters. The first-order valence-electron chi connectivity index (χ1n) is 7.67. The van der Waals surface area contributed by atoms with Crippen LogP contribution in [0.15, 0.2) is 18.2 Å². The molecule has 2 heterocycles. The Balaban J connectivity index is 1.90. The first kappa shape index (κ1) is 15.8. The number of aromatic nitrogens is 1. The van der Waals surface area contributed by atoms with Gasteiger partial charge in [-0.25, -0.2) is 9.78 Å². The fourth-order valence-corrected chi connectivity index (χ4v) is 2.53. The molecule has 0 aromatic carbocycles.